The highest BCUT2D eigenvalue weighted by atomic mass is 127. The molecule has 2 heterocycles. The molecule has 7 nitrogen and oxygen atoms in total. The number of amides is 2. The van der Waals surface area contributed by atoms with Gasteiger partial charge in [-0.3, -0.25) is 14.5 Å². The average Bonchev–Trinajstić information content (AvgIpc) is 3.59. The molecule has 1 aromatic heterocycles. The first-order valence-corrected chi connectivity index (χ1v) is 12.1. The maximum absolute atomic E-state index is 12.8. The van der Waals surface area contributed by atoms with Crippen molar-refractivity contribution in [1.29, 1.82) is 0 Å². The highest BCUT2D eigenvalue weighted by Crippen LogP contribution is 2.52. The van der Waals surface area contributed by atoms with Crippen LogP contribution in [0.3, 0.4) is 0 Å². The molecule has 174 valence electrons. The molecule has 1 aromatic carbocycles. The molecule has 4 atom stereocenters. The fourth-order valence-electron chi connectivity index (χ4n) is 5.08. The van der Waals surface area contributed by atoms with Crippen LogP contribution in [0.1, 0.15) is 18.4 Å². The third kappa shape index (κ3) is 4.70. The Kier molecular flexibility index (Phi) is 7.48. The van der Waals surface area contributed by atoms with E-state index in [1.54, 1.807) is 11.3 Å². The summed E-state index contributed by atoms with van der Waals surface area (Å²) >= 11 is 1.59. The van der Waals surface area contributed by atoms with Crippen molar-refractivity contribution < 1.29 is 9.59 Å². The molecular formula is C24H28IN5O2S. The first-order chi connectivity index (χ1) is 15.7. The normalized spacial score (nSPS) is 25.4. The third-order valence-corrected chi connectivity index (χ3v) is 7.36. The van der Waals surface area contributed by atoms with Crippen molar-refractivity contribution in [2.75, 3.05) is 19.6 Å². The first kappa shape index (κ1) is 23.9. The van der Waals surface area contributed by atoms with Crippen molar-refractivity contribution in [2.45, 2.75) is 19.9 Å². The number of thiazole rings is 1. The molecule has 1 aliphatic heterocycles. The number of aliphatic imine (C=N–C) groups is 1. The second-order valence-corrected chi connectivity index (χ2v) is 9.39. The van der Waals surface area contributed by atoms with Crippen molar-refractivity contribution >= 4 is 53.1 Å². The predicted octanol–water partition coefficient (Wildman–Crippen LogP) is 3.29. The van der Waals surface area contributed by atoms with E-state index in [2.05, 4.69) is 32.8 Å². The first-order valence-electron chi connectivity index (χ1n) is 11.2. The van der Waals surface area contributed by atoms with E-state index in [4.69, 9.17) is 0 Å². The van der Waals surface area contributed by atoms with Crippen molar-refractivity contribution in [3.8, 4) is 11.3 Å². The highest BCUT2D eigenvalue weighted by molar-refractivity contribution is 14.0. The number of carbonyl (C=O) groups excluding carboxylic acids is 2. The molecular weight excluding hydrogens is 549 g/mol. The molecule has 2 amide bonds. The summed E-state index contributed by atoms with van der Waals surface area (Å²) < 4.78 is 0. The molecule has 0 spiro atoms. The number of halogens is 1. The van der Waals surface area contributed by atoms with Gasteiger partial charge < -0.3 is 10.6 Å². The van der Waals surface area contributed by atoms with E-state index in [0.29, 0.717) is 25.6 Å². The number of imide groups is 1. The Bertz CT molecular complexity index is 1040. The molecule has 1 saturated carbocycles. The van der Waals surface area contributed by atoms with Gasteiger partial charge in [0, 0.05) is 30.6 Å². The Morgan fingerprint density at radius 1 is 1.12 bits per heavy atom. The Hall–Kier alpha value is -2.27. The average molecular weight is 577 g/mol. The predicted molar refractivity (Wildman–Crippen MR) is 140 cm³/mol. The van der Waals surface area contributed by atoms with Gasteiger partial charge in [0.2, 0.25) is 11.8 Å². The van der Waals surface area contributed by atoms with Crippen LogP contribution in [0.5, 0.6) is 0 Å². The molecule has 33 heavy (non-hydrogen) atoms. The largest absolute Gasteiger partial charge is 0.357 e. The number of rotatable bonds is 7. The third-order valence-electron chi connectivity index (χ3n) is 6.53. The number of hydrogen-bond donors (Lipinski definition) is 2. The van der Waals surface area contributed by atoms with Gasteiger partial charge in [-0.25, -0.2) is 9.98 Å². The number of aromatic nitrogens is 1. The minimum Gasteiger partial charge on any atom is -0.357 e. The summed E-state index contributed by atoms with van der Waals surface area (Å²) in [4.78, 5) is 36.4. The minimum absolute atomic E-state index is 0. The lowest BCUT2D eigenvalue weighted by Gasteiger charge is -2.18. The molecule has 2 N–H and O–H groups in total. The van der Waals surface area contributed by atoms with Gasteiger partial charge in [-0.05, 0) is 25.2 Å². The lowest BCUT2D eigenvalue weighted by molar-refractivity contribution is -0.140. The summed E-state index contributed by atoms with van der Waals surface area (Å²) in [6.45, 7) is 4.03. The number of allylic oxidation sites excluding steroid dienone is 2. The van der Waals surface area contributed by atoms with Crippen LogP contribution in [0.4, 0.5) is 0 Å². The smallest absolute Gasteiger partial charge is 0.233 e. The van der Waals surface area contributed by atoms with E-state index in [9.17, 15) is 9.59 Å². The van der Waals surface area contributed by atoms with E-state index in [0.717, 1.165) is 29.2 Å². The molecule has 2 aliphatic carbocycles. The van der Waals surface area contributed by atoms with Crippen LogP contribution in [0.25, 0.3) is 11.3 Å². The van der Waals surface area contributed by atoms with Gasteiger partial charge in [-0.15, -0.1) is 35.3 Å². The Labute approximate surface area is 214 Å². The molecule has 2 bridgehead atoms. The lowest BCUT2D eigenvalue weighted by Crippen LogP contribution is -2.43. The summed E-state index contributed by atoms with van der Waals surface area (Å²) in [6, 6.07) is 10.1. The van der Waals surface area contributed by atoms with Crippen LogP contribution >= 0.6 is 35.3 Å². The fourth-order valence-corrected chi connectivity index (χ4v) is 5.81. The number of nitrogens with zero attached hydrogens (tertiary/aromatic N) is 3. The maximum atomic E-state index is 12.8. The molecule has 4 unspecified atom stereocenters. The summed E-state index contributed by atoms with van der Waals surface area (Å²) in [5.41, 5.74) is 2.05. The lowest BCUT2D eigenvalue weighted by atomic mass is 9.85. The van der Waals surface area contributed by atoms with Crippen LogP contribution in [-0.2, 0) is 16.1 Å². The number of likely N-dealkylation sites (tertiary alicyclic amines) is 1. The summed E-state index contributed by atoms with van der Waals surface area (Å²) in [5.74, 6) is 0.875. The van der Waals surface area contributed by atoms with Crippen molar-refractivity contribution in [3.63, 3.8) is 0 Å². The monoisotopic (exact) mass is 577 g/mol. The van der Waals surface area contributed by atoms with Crippen LogP contribution < -0.4 is 10.6 Å². The van der Waals surface area contributed by atoms with Crippen LogP contribution in [0.15, 0.2) is 52.9 Å². The molecule has 2 aromatic rings. The molecule has 2 fully saturated rings. The number of fused-ring (bicyclic) bond motifs is 5. The Morgan fingerprint density at radius 2 is 1.82 bits per heavy atom. The SMILES string of the molecule is CCNC(=NCc1nc(-c2ccccc2)cs1)NCCN1C(=O)C2C3C=CC(C3)C2C1=O.I. The Morgan fingerprint density at radius 3 is 2.48 bits per heavy atom. The zero-order chi connectivity index (χ0) is 22.1. The van der Waals surface area contributed by atoms with E-state index in [-0.39, 0.29) is 59.5 Å². The molecule has 1 saturated heterocycles. The van der Waals surface area contributed by atoms with E-state index >= 15 is 0 Å². The van der Waals surface area contributed by atoms with Gasteiger partial charge in [0.15, 0.2) is 5.96 Å². The highest BCUT2D eigenvalue weighted by Gasteiger charge is 2.58. The number of hydrogen-bond acceptors (Lipinski definition) is 5. The topological polar surface area (TPSA) is 86.7 Å². The van der Waals surface area contributed by atoms with Crippen LogP contribution in [0.2, 0.25) is 0 Å². The summed E-state index contributed by atoms with van der Waals surface area (Å²) in [7, 11) is 0. The number of carbonyl (C=O) groups is 2. The number of benzene rings is 1. The summed E-state index contributed by atoms with van der Waals surface area (Å²) in [6.07, 6.45) is 5.20. The van der Waals surface area contributed by atoms with Crippen molar-refractivity contribution in [3.05, 3.63) is 52.9 Å². The summed E-state index contributed by atoms with van der Waals surface area (Å²) in [5, 5.41) is 9.45. The van der Waals surface area contributed by atoms with E-state index < -0.39 is 0 Å². The minimum atomic E-state index is -0.136. The van der Waals surface area contributed by atoms with E-state index in [1.165, 1.54) is 4.90 Å². The molecule has 0 radical (unpaired) electrons. The van der Waals surface area contributed by atoms with Gasteiger partial charge in [0.25, 0.3) is 0 Å². The second-order valence-electron chi connectivity index (χ2n) is 8.44. The standard InChI is InChI=1S/C24H27N5O2S.HI/c1-2-25-24(27-13-19-28-18(14-32-19)15-6-4-3-5-7-15)26-10-11-29-22(30)20-16-8-9-17(12-16)21(20)23(29)31;/h3-9,14,16-17,20-21H,2,10-13H2,1H3,(H2,25,26,27);1H. The van der Waals surface area contributed by atoms with E-state index in [1.807, 2.05) is 42.6 Å². The zero-order valence-corrected chi connectivity index (χ0v) is 21.6. The van der Waals surface area contributed by atoms with Gasteiger partial charge >= 0.3 is 0 Å². The van der Waals surface area contributed by atoms with Crippen LogP contribution in [0, 0.1) is 23.7 Å². The van der Waals surface area contributed by atoms with Gasteiger partial charge in [-0.2, -0.15) is 0 Å². The zero-order valence-electron chi connectivity index (χ0n) is 18.4. The van der Waals surface area contributed by atoms with Crippen molar-refractivity contribution in [2.24, 2.45) is 28.7 Å². The van der Waals surface area contributed by atoms with Crippen LogP contribution in [-0.4, -0.2) is 47.3 Å². The number of guanidine groups is 1. The fraction of sp³-hybridized carbons (Fsp3) is 0.417. The molecule has 5 rings (SSSR count). The maximum Gasteiger partial charge on any atom is 0.233 e. The molecule has 9 heteroatoms. The molecule has 3 aliphatic rings. The number of nitrogens with one attached hydrogen (secondary N) is 2. The van der Waals surface area contributed by atoms with Gasteiger partial charge in [-0.1, -0.05) is 42.5 Å². The second kappa shape index (κ2) is 10.3. The quantitative estimate of drug-likeness (QED) is 0.174. The Balaban J connectivity index is 0.00000259. The van der Waals surface area contributed by atoms with Gasteiger partial charge in [0.1, 0.15) is 5.01 Å². The van der Waals surface area contributed by atoms with Crippen molar-refractivity contribution in [1.82, 2.24) is 20.5 Å². The van der Waals surface area contributed by atoms with Gasteiger partial charge in [0.05, 0.1) is 24.1 Å².